The Morgan fingerprint density at radius 1 is 1.36 bits per heavy atom. The standard InChI is InChI=1S/C16H24N2O3.C2HF3O2/c1-17(2)10-14-4-3-6-16(21-14)7-8-18(12-16)15(19)13-5-9-20-11-13;3-2(4,5)1(6)7/h5,9,11,14H,3-4,6-8,10,12H2,1-2H3;(H,6,7)/t14-,16-;/m1./s1. The number of carboxylic acid groups (broad SMARTS) is 1. The maximum absolute atomic E-state index is 12.4. The monoisotopic (exact) mass is 406 g/mol. The van der Waals surface area contributed by atoms with Gasteiger partial charge in [0.25, 0.3) is 5.91 Å². The molecule has 0 bridgehead atoms. The summed E-state index contributed by atoms with van der Waals surface area (Å²) in [6.45, 7) is 2.44. The molecule has 2 aliphatic rings. The van der Waals surface area contributed by atoms with Crippen molar-refractivity contribution in [3.8, 4) is 0 Å². The topological polar surface area (TPSA) is 83.2 Å². The molecule has 158 valence electrons. The zero-order valence-electron chi connectivity index (χ0n) is 15.9. The van der Waals surface area contributed by atoms with E-state index in [-0.39, 0.29) is 17.6 Å². The molecule has 1 N–H and O–H groups in total. The highest BCUT2D eigenvalue weighted by Gasteiger charge is 2.44. The molecule has 0 saturated carbocycles. The molecule has 2 fully saturated rings. The van der Waals surface area contributed by atoms with Gasteiger partial charge in [-0.1, -0.05) is 0 Å². The summed E-state index contributed by atoms with van der Waals surface area (Å²) >= 11 is 0. The number of halogens is 3. The Hall–Kier alpha value is -2.07. The number of furan rings is 1. The number of likely N-dealkylation sites (tertiary alicyclic amines) is 1. The van der Waals surface area contributed by atoms with Crippen LogP contribution in [0.5, 0.6) is 0 Å². The van der Waals surface area contributed by atoms with Gasteiger partial charge in [0.2, 0.25) is 0 Å². The number of carbonyl (C=O) groups excluding carboxylic acids is 1. The van der Waals surface area contributed by atoms with Gasteiger partial charge in [-0.25, -0.2) is 4.79 Å². The van der Waals surface area contributed by atoms with Crippen molar-refractivity contribution < 1.29 is 37.0 Å². The molecule has 1 aromatic rings. The Bertz CT molecular complexity index is 663. The average Bonchev–Trinajstić information content (AvgIpc) is 3.24. The lowest BCUT2D eigenvalue weighted by Gasteiger charge is -2.39. The number of alkyl halides is 3. The number of nitrogens with zero attached hydrogens (tertiary/aromatic N) is 2. The number of carbonyl (C=O) groups is 2. The van der Waals surface area contributed by atoms with E-state index in [9.17, 15) is 18.0 Å². The Balaban J connectivity index is 0.000000345. The maximum Gasteiger partial charge on any atom is 0.490 e. The van der Waals surface area contributed by atoms with Crippen LogP contribution in [0.25, 0.3) is 0 Å². The normalized spacial score (nSPS) is 24.9. The highest BCUT2D eigenvalue weighted by atomic mass is 19.4. The summed E-state index contributed by atoms with van der Waals surface area (Å²) < 4.78 is 43.1. The lowest BCUT2D eigenvalue weighted by Crippen LogP contribution is -2.46. The van der Waals surface area contributed by atoms with Gasteiger partial charge in [0, 0.05) is 13.1 Å². The number of likely N-dealkylation sites (N-methyl/N-ethyl adjacent to an activating group) is 1. The average molecular weight is 406 g/mol. The second kappa shape index (κ2) is 8.95. The molecule has 0 unspecified atom stereocenters. The summed E-state index contributed by atoms with van der Waals surface area (Å²) in [5.74, 6) is -2.70. The fourth-order valence-corrected chi connectivity index (χ4v) is 3.55. The third kappa shape index (κ3) is 5.96. The molecule has 10 heteroatoms. The van der Waals surface area contributed by atoms with Crippen molar-refractivity contribution in [3.05, 3.63) is 24.2 Å². The van der Waals surface area contributed by atoms with E-state index in [1.54, 1.807) is 12.3 Å². The minimum absolute atomic E-state index is 0.0546. The SMILES string of the molecule is CN(C)C[C@H]1CCC[C@]2(CCN(C(=O)c3ccoc3)C2)O1.O=C(O)C(F)(F)F. The van der Waals surface area contributed by atoms with Gasteiger partial charge in [-0.15, -0.1) is 0 Å². The lowest BCUT2D eigenvalue weighted by atomic mass is 9.90. The Kier molecular flexibility index (Phi) is 7.11. The molecule has 2 atom stereocenters. The van der Waals surface area contributed by atoms with Crippen LogP contribution in [0, 0.1) is 0 Å². The first-order valence-electron chi connectivity index (χ1n) is 8.96. The smallest absolute Gasteiger partial charge is 0.475 e. The number of hydrogen-bond acceptors (Lipinski definition) is 5. The predicted octanol–water partition coefficient (Wildman–Crippen LogP) is 2.63. The quantitative estimate of drug-likeness (QED) is 0.831. The molecule has 1 aromatic heterocycles. The number of carboxylic acids is 1. The van der Waals surface area contributed by atoms with Gasteiger partial charge in [-0.3, -0.25) is 4.79 Å². The van der Waals surface area contributed by atoms with Crippen molar-refractivity contribution in [2.75, 3.05) is 33.7 Å². The van der Waals surface area contributed by atoms with Gasteiger partial charge in [-0.2, -0.15) is 13.2 Å². The van der Waals surface area contributed by atoms with Crippen LogP contribution in [0.3, 0.4) is 0 Å². The van der Waals surface area contributed by atoms with Crippen molar-refractivity contribution in [2.24, 2.45) is 0 Å². The zero-order chi connectivity index (χ0) is 20.9. The van der Waals surface area contributed by atoms with Gasteiger partial charge < -0.3 is 24.1 Å². The molecule has 0 radical (unpaired) electrons. The molecule has 7 nitrogen and oxygen atoms in total. The van der Waals surface area contributed by atoms with Crippen LogP contribution >= 0.6 is 0 Å². The molecule has 1 amide bonds. The predicted molar refractivity (Wildman–Crippen MR) is 92.9 cm³/mol. The van der Waals surface area contributed by atoms with Crippen LogP contribution in [0.15, 0.2) is 23.0 Å². The molecule has 28 heavy (non-hydrogen) atoms. The van der Waals surface area contributed by atoms with Crippen molar-refractivity contribution in [1.82, 2.24) is 9.80 Å². The van der Waals surface area contributed by atoms with E-state index < -0.39 is 12.1 Å². The third-order valence-corrected chi connectivity index (χ3v) is 4.76. The van der Waals surface area contributed by atoms with Crippen LogP contribution in [-0.2, 0) is 9.53 Å². The van der Waals surface area contributed by atoms with Crippen molar-refractivity contribution >= 4 is 11.9 Å². The van der Waals surface area contributed by atoms with Gasteiger partial charge in [0.05, 0.1) is 30.1 Å². The molecule has 1 spiro atoms. The van der Waals surface area contributed by atoms with Crippen molar-refractivity contribution in [2.45, 2.75) is 43.6 Å². The van der Waals surface area contributed by atoms with Gasteiger partial charge in [-0.05, 0) is 45.8 Å². The maximum atomic E-state index is 12.4. The van der Waals surface area contributed by atoms with Crippen LogP contribution in [-0.4, -0.2) is 78.4 Å². The number of aliphatic carboxylic acids is 1. The van der Waals surface area contributed by atoms with Gasteiger partial charge >= 0.3 is 12.1 Å². The summed E-state index contributed by atoms with van der Waals surface area (Å²) in [7, 11) is 4.15. The second-order valence-corrected chi connectivity index (χ2v) is 7.37. The van der Waals surface area contributed by atoms with Crippen LogP contribution < -0.4 is 0 Å². The third-order valence-electron chi connectivity index (χ3n) is 4.76. The van der Waals surface area contributed by atoms with E-state index in [2.05, 4.69) is 19.0 Å². The summed E-state index contributed by atoms with van der Waals surface area (Å²) in [5.41, 5.74) is 0.505. The molecular weight excluding hydrogens is 381 g/mol. The highest BCUT2D eigenvalue weighted by molar-refractivity contribution is 5.94. The molecule has 3 rings (SSSR count). The van der Waals surface area contributed by atoms with Crippen LogP contribution in [0.1, 0.15) is 36.0 Å². The first-order valence-corrected chi connectivity index (χ1v) is 8.96. The number of amides is 1. The van der Waals surface area contributed by atoms with Gasteiger partial charge in [0.1, 0.15) is 6.26 Å². The first kappa shape index (κ1) is 22.2. The lowest BCUT2D eigenvalue weighted by molar-refractivity contribution is -0.192. The Labute approximate surface area is 161 Å². The van der Waals surface area contributed by atoms with E-state index in [0.717, 1.165) is 32.4 Å². The Morgan fingerprint density at radius 3 is 2.57 bits per heavy atom. The number of ether oxygens (including phenoxy) is 1. The van der Waals surface area contributed by atoms with E-state index in [1.165, 1.54) is 12.7 Å². The zero-order valence-corrected chi connectivity index (χ0v) is 15.9. The molecule has 0 aliphatic carbocycles. The minimum Gasteiger partial charge on any atom is -0.475 e. The fourth-order valence-electron chi connectivity index (χ4n) is 3.55. The summed E-state index contributed by atoms with van der Waals surface area (Å²) in [4.78, 5) is 25.4. The molecule has 3 heterocycles. The van der Waals surface area contributed by atoms with Crippen LogP contribution in [0.2, 0.25) is 0 Å². The fraction of sp³-hybridized carbons (Fsp3) is 0.667. The second-order valence-electron chi connectivity index (χ2n) is 7.37. The largest absolute Gasteiger partial charge is 0.490 e. The van der Waals surface area contributed by atoms with E-state index in [0.29, 0.717) is 12.1 Å². The van der Waals surface area contributed by atoms with E-state index in [4.69, 9.17) is 19.1 Å². The van der Waals surface area contributed by atoms with E-state index in [1.807, 2.05) is 4.90 Å². The molecule has 2 saturated heterocycles. The van der Waals surface area contributed by atoms with Crippen molar-refractivity contribution in [3.63, 3.8) is 0 Å². The summed E-state index contributed by atoms with van der Waals surface area (Å²) in [5, 5.41) is 7.12. The number of hydrogen-bond donors (Lipinski definition) is 1. The van der Waals surface area contributed by atoms with Crippen molar-refractivity contribution in [1.29, 1.82) is 0 Å². The number of rotatable bonds is 3. The minimum atomic E-state index is -5.08. The van der Waals surface area contributed by atoms with Gasteiger partial charge in [0.15, 0.2) is 0 Å². The first-order chi connectivity index (χ1) is 13.0. The highest BCUT2D eigenvalue weighted by Crippen LogP contribution is 2.37. The molecule has 0 aromatic carbocycles. The summed E-state index contributed by atoms with van der Waals surface area (Å²) in [6.07, 6.45) is 2.58. The van der Waals surface area contributed by atoms with E-state index >= 15 is 0 Å². The van der Waals surface area contributed by atoms with Crippen LogP contribution in [0.4, 0.5) is 13.2 Å². The molecule has 2 aliphatic heterocycles. The Morgan fingerprint density at radius 2 is 2.04 bits per heavy atom. The molecular formula is C18H25F3N2O5. The summed E-state index contributed by atoms with van der Waals surface area (Å²) in [6, 6.07) is 1.73.